The summed E-state index contributed by atoms with van der Waals surface area (Å²) in [5.74, 6) is 0.457. The first kappa shape index (κ1) is 15.3. The first-order valence-corrected chi connectivity index (χ1v) is 8.23. The topological polar surface area (TPSA) is 41.6 Å². The minimum absolute atomic E-state index is 0.0539. The maximum absolute atomic E-state index is 12.2. The summed E-state index contributed by atoms with van der Waals surface area (Å²) in [4.78, 5) is 15.5. The van der Waals surface area contributed by atoms with Crippen LogP contribution in [0.4, 0.5) is 4.79 Å². The van der Waals surface area contributed by atoms with Gasteiger partial charge in [-0.25, -0.2) is 4.79 Å². The van der Waals surface area contributed by atoms with Gasteiger partial charge in [-0.05, 0) is 30.2 Å². The molecule has 1 fully saturated rings. The Hall–Kier alpha value is -1.07. The van der Waals surface area contributed by atoms with E-state index in [9.17, 15) is 4.79 Å². The molecule has 5 heteroatoms. The van der Waals surface area contributed by atoms with E-state index in [4.69, 9.17) is 4.74 Å². The van der Waals surface area contributed by atoms with Gasteiger partial charge in [-0.2, -0.15) is 0 Å². The number of urea groups is 1. The number of hydrogen-bond donors (Lipinski definition) is 1. The highest BCUT2D eigenvalue weighted by Gasteiger charge is 2.25. The molecule has 2 unspecified atom stereocenters. The van der Waals surface area contributed by atoms with Crippen molar-refractivity contribution in [1.29, 1.82) is 0 Å². The fourth-order valence-corrected chi connectivity index (χ4v) is 3.34. The molecule has 1 aromatic heterocycles. The predicted octanol–water partition coefficient (Wildman–Crippen LogP) is 2.75. The van der Waals surface area contributed by atoms with E-state index in [-0.39, 0.29) is 12.1 Å². The Morgan fingerprint density at radius 3 is 3.20 bits per heavy atom. The summed E-state index contributed by atoms with van der Waals surface area (Å²) in [5, 5.41) is 5.16. The highest BCUT2D eigenvalue weighted by molar-refractivity contribution is 7.09. The average Bonchev–Trinajstić information content (AvgIpc) is 2.97. The van der Waals surface area contributed by atoms with Gasteiger partial charge in [0, 0.05) is 18.0 Å². The second-order valence-electron chi connectivity index (χ2n) is 5.41. The van der Waals surface area contributed by atoms with Gasteiger partial charge in [-0.1, -0.05) is 19.9 Å². The predicted molar refractivity (Wildman–Crippen MR) is 82.2 cm³/mol. The molecule has 0 aliphatic carbocycles. The number of thiophene rings is 1. The normalized spacial score (nSPS) is 20.7. The van der Waals surface area contributed by atoms with Gasteiger partial charge in [0.25, 0.3) is 0 Å². The van der Waals surface area contributed by atoms with E-state index in [1.807, 2.05) is 4.90 Å². The number of rotatable bonds is 5. The molecule has 2 atom stereocenters. The number of nitrogens with zero attached hydrogens (tertiary/aromatic N) is 1. The number of hydrogen-bond acceptors (Lipinski definition) is 3. The number of carbonyl (C=O) groups excluding carboxylic acids is 1. The van der Waals surface area contributed by atoms with E-state index in [0.29, 0.717) is 25.7 Å². The molecule has 1 saturated heterocycles. The minimum atomic E-state index is 0.0539. The summed E-state index contributed by atoms with van der Waals surface area (Å²) in [7, 11) is 0. The highest BCUT2D eigenvalue weighted by atomic mass is 32.1. The van der Waals surface area contributed by atoms with Crippen molar-refractivity contribution in [2.45, 2.75) is 32.7 Å². The Labute approximate surface area is 125 Å². The van der Waals surface area contributed by atoms with Gasteiger partial charge in [0.15, 0.2) is 0 Å². The molecule has 0 radical (unpaired) electrons. The SMILES string of the molecule is CCC1COCCN1C(=O)NCC(C)Cc1cccs1. The molecule has 1 aliphatic rings. The Morgan fingerprint density at radius 2 is 2.50 bits per heavy atom. The summed E-state index contributed by atoms with van der Waals surface area (Å²) < 4.78 is 5.43. The Kier molecular flexibility index (Phi) is 5.86. The molecule has 2 heterocycles. The number of morpholine rings is 1. The third kappa shape index (κ3) is 4.21. The van der Waals surface area contributed by atoms with Crippen LogP contribution in [0.15, 0.2) is 17.5 Å². The van der Waals surface area contributed by atoms with E-state index in [1.54, 1.807) is 11.3 Å². The van der Waals surface area contributed by atoms with Crippen molar-refractivity contribution in [3.63, 3.8) is 0 Å². The smallest absolute Gasteiger partial charge is 0.317 e. The van der Waals surface area contributed by atoms with Crippen molar-refractivity contribution in [1.82, 2.24) is 10.2 Å². The van der Waals surface area contributed by atoms with Crippen LogP contribution in [0.3, 0.4) is 0 Å². The summed E-state index contributed by atoms with van der Waals surface area (Å²) in [6.45, 7) is 7.01. The number of nitrogens with one attached hydrogen (secondary N) is 1. The molecule has 0 saturated carbocycles. The van der Waals surface area contributed by atoms with Gasteiger partial charge < -0.3 is 15.0 Å². The lowest BCUT2D eigenvalue weighted by atomic mass is 10.1. The second-order valence-corrected chi connectivity index (χ2v) is 6.44. The van der Waals surface area contributed by atoms with E-state index < -0.39 is 0 Å². The van der Waals surface area contributed by atoms with E-state index >= 15 is 0 Å². The van der Waals surface area contributed by atoms with Crippen LogP contribution >= 0.6 is 11.3 Å². The van der Waals surface area contributed by atoms with Gasteiger partial charge in [0.1, 0.15) is 0 Å². The van der Waals surface area contributed by atoms with Crippen molar-refractivity contribution in [2.24, 2.45) is 5.92 Å². The Balaban J connectivity index is 1.76. The van der Waals surface area contributed by atoms with Crippen LogP contribution in [0.25, 0.3) is 0 Å². The van der Waals surface area contributed by atoms with Crippen LogP contribution in [0.1, 0.15) is 25.1 Å². The first-order valence-electron chi connectivity index (χ1n) is 7.35. The maximum Gasteiger partial charge on any atom is 0.317 e. The van der Waals surface area contributed by atoms with E-state index in [2.05, 4.69) is 36.7 Å². The molecule has 2 amide bonds. The average molecular weight is 296 g/mol. The zero-order valence-corrected chi connectivity index (χ0v) is 13.1. The summed E-state index contributed by atoms with van der Waals surface area (Å²) in [6.07, 6.45) is 1.97. The van der Waals surface area contributed by atoms with E-state index in [0.717, 1.165) is 19.4 Å². The fraction of sp³-hybridized carbons (Fsp3) is 0.667. The van der Waals surface area contributed by atoms with Gasteiger partial charge in [0.05, 0.1) is 19.3 Å². The summed E-state index contributed by atoms with van der Waals surface area (Å²) in [5.41, 5.74) is 0. The van der Waals surface area contributed by atoms with Crippen LogP contribution < -0.4 is 5.32 Å². The highest BCUT2D eigenvalue weighted by Crippen LogP contribution is 2.14. The summed E-state index contributed by atoms with van der Waals surface area (Å²) in [6, 6.07) is 4.50. The molecular weight excluding hydrogens is 272 g/mol. The molecule has 1 N–H and O–H groups in total. The van der Waals surface area contributed by atoms with Crippen molar-refractivity contribution in [3.05, 3.63) is 22.4 Å². The lowest BCUT2D eigenvalue weighted by Gasteiger charge is -2.35. The minimum Gasteiger partial charge on any atom is -0.377 e. The molecule has 0 spiro atoms. The van der Waals surface area contributed by atoms with Gasteiger partial charge in [0.2, 0.25) is 0 Å². The van der Waals surface area contributed by atoms with Gasteiger partial charge in [-0.15, -0.1) is 11.3 Å². The molecule has 1 aliphatic heterocycles. The second kappa shape index (κ2) is 7.64. The Bertz CT molecular complexity index is 408. The first-order chi connectivity index (χ1) is 9.70. The van der Waals surface area contributed by atoms with Crippen LogP contribution in [0.5, 0.6) is 0 Å². The van der Waals surface area contributed by atoms with Crippen molar-refractivity contribution in [2.75, 3.05) is 26.3 Å². The zero-order chi connectivity index (χ0) is 14.4. The molecular formula is C15H24N2O2S. The molecule has 2 rings (SSSR count). The number of ether oxygens (including phenoxy) is 1. The van der Waals surface area contributed by atoms with Crippen molar-refractivity contribution < 1.29 is 9.53 Å². The molecule has 0 aromatic carbocycles. The third-order valence-electron chi connectivity index (χ3n) is 3.69. The number of carbonyl (C=O) groups is 1. The van der Waals surface area contributed by atoms with Crippen molar-refractivity contribution >= 4 is 17.4 Å². The van der Waals surface area contributed by atoms with Crippen LogP contribution in [-0.2, 0) is 11.2 Å². The monoisotopic (exact) mass is 296 g/mol. The molecule has 0 bridgehead atoms. The molecule has 4 nitrogen and oxygen atoms in total. The Morgan fingerprint density at radius 1 is 1.65 bits per heavy atom. The number of amides is 2. The van der Waals surface area contributed by atoms with Gasteiger partial charge >= 0.3 is 6.03 Å². The largest absolute Gasteiger partial charge is 0.377 e. The quantitative estimate of drug-likeness (QED) is 0.908. The third-order valence-corrected chi connectivity index (χ3v) is 4.59. The zero-order valence-electron chi connectivity index (χ0n) is 12.3. The van der Waals surface area contributed by atoms with E-state index in [1.165, 1.54) is 4.88 Å². The lowest BCUT2D eigenvalue weighted by Crippen LogP contribution is -2.52. The maximum atomic E-state index is 12.2. The van der Waals surface area contributed by atoms with Crippen LogP contribution in [-0.4, -0.2) is 43.3 Å². The van der Waals surface area contributed by atoms with Crippen LogP contribution in [0.2, 0.25) is 0 Å². The van der Waals surface area contributed by atoms with Gasteiger partial charge in [-0.3, -0.25) is 0 Å². The molecule has 20 heavy (non-hydrogen) atoms. The molecule has 1 aromatic rings. The standard InChI is InChI=1S/C15H24N2O2S/c1-3-13-11-19-7-6-17(13)15(18)16-10-12(2)9-14-5-4-8-20-14/h4-5,8,12-13H,3,6-7,9-11H2,1-2H3,(H,16,18). The van der Waals surface area contributed by atoms with Crippen LogP contribution in [0, 0.1) is 5.92 Å². The molecule has 112 valence electrons. The fourth-order valence-electron chi connectivity index (χ4n) is 2.47. The lowest BCUT2D eigenvalue weighted by molar-refractivity contribution is 0.0112. The summed E-state index contributed by atoms with van der Waals surface area (Å²) >= 11 is 1.78. The van der Waals surface area contributed by atoms with Crippen molar-refractivity contribution in [3.8, 4) is 0 Å².